The monoisotopic (exact) mass is 326 g/mol. The van der Waals surface area contributed by atoms with Gasteiger partial charge in [0.2, 0.25) is 11.8 Å². The smallest absolute Gasteiger partial charge is 0.247 e. The minimum Gasteiger partial charge on any atom is -0.497 e. The molecular formula is C17H18N4O3. The zero-order chi connectivity index (χ0) is 16.5. The molecule has 7 heteroatoms. The van der Waals surface area contributed by atoms with Crippen LogP contribution in [0.5, 0.6) is 5.75 Å². The first-order valence-corrected chi connectivity index (χ1v) is 7.91. The maximum Gasteiger partial charge on any atom is 0.247 e. The van der Waals surface area contributed by atoms with Crippen molar-refractivity contribution < 1.29 is 14.3 Å². The maximum atomic E-state index is 9.86. The van der Waals surface area contributed by atoms with Crippen molar-refractivity contribution in [3.8, 4) is 17.2 Å². The fraction of sp³-hybridized carbons (Fsp3) is 0.353. The van der Waals surface area contributed by atoms with Gasteiger partial charge in [0.05, 0.1) is 19.4 Å². The van der Waals surface area contributed by atoms with Crippen molar-refractivity contribution in [1.29, 1.82) is 0 Å². The van der Waals surface area contributed by atoms with Gasteiger partial charge in [0, 0.05) is 17.7 Å². The molecule has 1 aromatic carbocycles. The highest BCUT2D eigenvalue weighted by atomic mass is 16.5. The predicted molar refractivity (Wildman–Crippen MR) is 85.6 cm³/mol. The molecule has 2 aromatic heterocycles. The number of nitrogens with zero attached hydrogens (tertiary/aromatic N) is 4. The summed E-state index contributed by atoms with van der Waals surface area (Å²) in [5, 5.41) is 22.5. The van der Waals surface area contributed by atoms with E-state index in [1.165, 1.54) is 5.56 Å². The van der Waals surface area contributed by atoms with Crippen LogP contribution in [0, 0.1) is 0 Å². The van der Waals surface area contributed by atoms with E-state index in [9.17, 15) is 5.11 Å². The molecule has 124 valence electrons. The third kappa shape index (κ3) is 2.78. The summed E-state index contributed by atoms with van der Waals surface area (Å²) < 4.78 is 12.7. The summed E-state index contributed by atoms with van der Waals surface area (Å²) in [6.45, 7) is 0.408. The molecule has 7 nitrogen and oxygen atoms in total. The lowest BCUT2D eigenvalue weighted by atomic mass is 9.96. The summed E-state index contributed by atoms with van der Waals surface area (Å²) in [5.74, 6) is 1.74. The minimum absolute atomic E-state index is 0.300. The fourth-order valence-electron chi connectivity index (χ4n) is 2.97. The molecule has 0 spiro atoms. The zero-order valence-electron chi connectivity index (χ0n) is 13.3. The van der Waals surface area contributed by atoms with E-state index < -0.39 is 0 Å². The number of aryl methyl sites for hydroxylation is 1. The molecule has 1 atom stereocenters. The van der Waals surface area contributed by atoms with E-state index in [1.807, 2.05) is 35.1 Å². The lowest BCUT2D eigenvalue weighted by molar-refractivity contribution is 0.155. The molecule has 0 radical (unpaired) electrons. The van der Waals surface area contributed by atoms with E-state index in [4.69, 9.17) is 9.15 Å². The second kappa shape index (κ2) is 6.09. The molecule has 0 fully saturated rings. The van der Waals surface area contributed by atoms with Crippen LogP contribution < -0.4 is 4.74 Å². The van der Waals surface area contributed by atoms with Crippen LogP contribution in [0.15, 0.2) is 34.9 Å². The Morgan fingerprint density at radius 1 is 1.29 bits per heavy atom. The Labute approximate surface area is 138 Å². The number of aliphatic hydroxyl groups excluding tert-OH is 1. The highest BCUT2D eigenvalue weighted by molar-refractivity contribution is 5.53. The van der Waals surface area contributed by atoms with Gasteiger partial charge in [0.25, 0.3) is 0 Å². The van der Waals surface area contributed by atoms with Gasteiger partial charge in [-0.15, -0.1) is 10.2 Å². The highest BCUT2D eigenvalue weighted by Gasteiger charge is 2.22. The quantitative estimate of drug-likeness (QED) is 0.787. The second-order valence-corrected chi connectivity index (χ2v) is 5.90. The Hall–Kier alpha value is -2.67. The van der Waals surface area contributed by atoms with E-state index in [2.05, 4.69) is 15.3 Å². The number of hydrogen-bond acceptors (Lipinski definition) is 6. The molecule has 3 aromatic rings. The lowest BCUT2D eigenvalue weighted by Crippen LogP contribution is -2.21. The summed E-state index contributed by atoms with van der Waals surface area (Å²) in [5.41, 5.74) is 3.08. The molecule has 1 aliphatic rings. The number of rotatable bonds is 4. The molecule has 1 aliphatic carbocycles. The number of fused-ring (bicyclic) bond motifs is 1. The average molecular weight is 326 g/mol. The largest absolute Gasteiger partial charge is 0.497 e. The average Bonchev–Trinajstić information content (AvgIpc) is 3.23. The molecule has 1 N–H and O–H groups in total. The molecule has 2 heterocycles. The summed E-state index contributed by atoms with van der Waals surface area (Å²) in [4.78, 5) is 0. The fourth-order valence-corrected chi connectivity index (χ4v) is 2.97. The number of aliphatic hydroxyl groups is 1. The van der Waals surface area contributed by atoms with Crippen molar-refractivity contribution in [2.45, 2.75) is 31.9 Å². The Bertz CT molecular complexity index is 838. The topological polar surface area (TPSA) is 86.2 Å². The molecule has 24 heavy (non-hydrogen) atoms. The molecule has 0 amide bonds. The highest BCUT2D eigenvalue weighted by Crippen LogP contribution is 2.24. The van der Waals surface area contributed by atoms with Gasteiger partial charge in [-0.3, -0.25) is 4.68 Å². The number of aromatic nitrogens is 4. The van der Waals surface area contributed by atoms with Gasteiger partial charge in [-0.05, 0) is 42.7 Å². The van der Waals surface area contributed by atoms with E-state index in [0.29, 0.717) is 24.7 Å². The van der Waals surface area contributed by atoms with Crippen molar-refractivity contribution >= 4 is 0 Å². The van der Waals surface area contributed by atoms with Crippen LogP contribution in [0.25, 0.3) is 11.5 Å². The normalized spacial score (nSPS) is 16.8. The third-order valence-corrected chi connectivity index (χ3v) is 4.30. The maximum absolute atomic E-state index is 9.86. The third-order valence-electron chi connectivity index (χ3n) is 4.30. The summed E-state index contributed by atoms with van der Waals surface area (Å²) in [6.07, 6.45) is 3.83. The standard InChI is InChI=1S/C17H18N4O3/c1-23-14-6-3-11(4-7-14)17-20-19-16(24-17)10-21-15-8-13(22)5-2-12(15)9-18-21/h3-4,6-7,9,13,22H,2,5,8,10H2,1H3. The van der Waals surface area contributed by atoms with E-state index >= 15 is 0 Å². The van der Waals surface area contributed by atoms with Crippen molar-refractivity contribution in [3.05, 3.63) is 47.6 Å². The van der Waals surface area contributed by atoms with Crippen LogP contribution in [-0.2, 0) is 19.4 Å². The van der Waals surface area contributed by atoms with Crippen LogP contribution in [-0.4, -0.2) is 38.3 Å². The van der Waals surface area contributed by atoms with E-state index in [1.54, 1.807) is 7.11 Å². The summed E-state index contributed by atoms with van der Waals surface area (Å²) >= 11 is 0. The minimum atomic E-state index is -0.300. The molecule has 0 bridgehead atoms. The number of ether oxygens (including phenoxy) is 1. The van der Waals surface area contributed by atoms with E-state index in [0.717, 1.165) is 29.8 Å². The summed E-state index contributed by atoms with van der Waals surface area (Å²) in [7, 11) is 1.63. The van der Waals surface area contributed by atoms with Crippen molar-refractivity contribution in [3.63, 3.8) is 0 Å². The molecule has 0 aliphatic heterocycles. The van der Waals surface area contributed by atoms with Crippen LogP contribution in [0.1, 0.15) is 23.6 Å². The van der Waals surface area contributed by atoms with Gasteiger partial charge < -0.3 is 14.3 Å². The number of benzene rings is 1. The van der Waals surface area contributed by atoms with Gasteiger partial charge in [0.1, 0.15) is 12.3 Å². The van der Waals surface area contributed by atoms with Gasteiger partial charge in [-0.25, -0.2) is 0 Å². The first kappa shape index (κ1) is 14.9. The van der Waals surface area contributed by atoms with Gasteiger partial charge in [0.15, 0.2) is 0 Å². The Balaban J connectivity index is 1.54. The van der Waals surface area contributed by atoms with Crippen LogP contribution in [0.4, 0.5) is 0 Å². The molecule has 4 rings (SSSR count). The second-order valence-electron chi connectivity index (χ2n) is 5.90. The van der Waals surface area contributed by atoms with Crippen LogP contribution >= 0.6 is 0 Å². The number of methoxy groups -OCH3 is 1. The zero-order valence-corrected chi connectivity index (χ0v) is 13.3. The van der Waals surface area contributed by atoms with Crippen LogP contribution in [0.2, 0.25) is 0 Å². The van der Waals surface area contributed by atoms with E-state index in [-0.39, 0.29) is 6.10 Å². The molecule has 0 saturated carbocycles. The molecule has 1 unspecified atom stereocenters. The summed E-state index contributed by atoms with van der Waals surface area (Å²) in [6, 6.07) is 7.46. The number of hydrogen-bond donors (Lipinski definition) is 1. The molecular weight excluding hydrogens is 308 g/mol. The first-order chi connectivity index (χ1) is 11.7. The predicted octanol–water partition coefficient (Wildman–Crippen LogP) is 1.84. The molecule has 0 saturated heterocycles. The lowest BCUT2D eigenvalue weighted by Gasteiger charge is -2.18. The van der Waals surface area contributed by atoms with Gasteiger partial charge >= 0.3 is 0 Å². The van der Waals surface area contributed by atoms with Crippen molar-refractivity contribution in [2.24, 2.45) is 0 Å². The van der Waals surface area contributed by atoms with Gasteiger partial charge in [-0.1, -0.05) is 0 Å². The van der Waals surface area contributed by atoms with Crippen LogP contribution in [0.3, 0.4) is 0 Å². The Morgan fingerprint density at radius 2 is 2.12 bits per heavy atom. The Morgan fingerprint density at radius 3 is 2.92 bits per heavy atom. The van der Waals surface area contributed by atoms with Gasteiger partial charge in [-0.2, -0.15) is 5.10 Å². The first-order valence-electron chi connectivity index (χ1n) is 7.91. The Kier molecular flexibility index (Phi) is 3.78. The van der Waals surface area contributed by atoms with Crippen molar-refractivity contribution in [1.82, 2.24) is 20.0 Å². The van der Waals surface area contributed by atoms with Crippen molar-refractivity contribution in [2.75, 3.05) is 7.11 Å². The SMILES string of the molecule is COc1ccc(-c2nnc(Cn3ncc4c3CC(O)CC4)o2)cc1.